The second-order valence-electron chi connectivity index (χ2n) is 14.6. The van der Waals surface area contributed by atoms with Crippen LogP contribution >= 0.6 is 15.9 Å². The Labute approximate surface area is 298 Å². The monoisotopic (exact) mass is 757 g/mol. The van der Waals surface area contributed by atoms with Crippen LogP contribution < -0.4 is 14.8 Å². The minimum atomic E-state index is -1.06. The number of benzene rings is 3. The zero-order chi connectivity index (χ0) is 36.5. The van der Waals surface area contributed by atoms with Gasteiger partial charge in [-0.05, 0) is 96.2 Å². The molecule has 0 aromatic heterocycles. The molecular formula is C37H42BrF2N3O7. The number of nitrogens with zero attached hydrogens (tertiary/aromatic N) is 2. The molecule has 0 radical (unpaired) electrons. The topological polar surface area (TPSA) is 118 Å². The van der Waals surface area contributed by atoms with E-state index in [-0.39, 0.29) is 29.9 Å². The van der Waals surface area contributed by atoms with Gasteiger partial charge in [-0.15, -0.1) is 0 Å². The van der Waals surface area contributed by atoms with E-state index in [9.17, 15) is 28.3 Å². The molecule has 0 bridgehead atoms. The Balaban J connectivity index is 1.33. The van der Waals surface area contributed by atoms with Gasteiger partial charge >= 0.3 is 12.2 Å². The van der Waals surface area contributed by atoms with Gasteiger partial charge in [0, 0.05) is 42.7 Å². The van der Waals surface area contributed by atoms with Crippen LogP contribution in [0.4, 0.5) is 24.1 Å². The standard InChI is InChI=1S/C37H42BrF2N3O7/c1-36(2,3)32-31(14-16-43(32)34(45)46)49-29-11-8-22(17-25(29)21-7-10-27(39)28(40)18-21)33(44)41-23-9-12-30(26(38)19-23)48-24-13-15-42(20-24)35(47)50-37(4,5)6/h7-12,17-19,24,31-32H,13-16,20H2,1-6H3,(H,41,44)(H,45,46)/t24-,31?,32?/m0/s1. The van der Waals surface area contributed by atoms with E-state index in [0.29, 0.717) is 53.2 Å². The van der Waals surface area contributed by atoms with Crippen LogP contribution in [-0.2, 0) is 4.74 Å². The summed E-state index contributed by atoms with van der Waals surface area (Å²) in [5.41, 5.74) is 0.294. The van der Waals surface area contributed by atoms with Gasteiger partial charge in [0.15, 0.2) is 11.6 Å². The smallest absolute Gasteiger partial charge is 0.410 e. The summed E-state index contributed by atoms with van der Waals surface area (Å²) in [6.07, 6.45) is -1.10. The first-order chi connectivity index (χ1) is 23.4. The van der Waals surface area contributed by atoms with Crippen molar-refractivity contribution in [2.75, 3.05) is 25.0 Å². The maximum absolute atomic E-state index is 14.4. The van der Waals surface area contributed by atoms with E-state index < -0.39 is 46.8 Å². The number of likely N-dealkylation sites (tertiary alicyclic amines) is 2. The molecule has 3 atom stereocenters. The summed E-state index contributed by atoms with van der Waals surface area (Å²) in [7, 11) is 0. The van der Waals surface area contributed by atoms with E-state index in [0.717, 1.165) is 12.1 Å². The van der Waals surface area contributed by atoms with E-state index in [1.807, 2.05) is 41.5 Å². The summed E-state index contributed by atoms with van der Waals surface area (Å²) < 4.78 is 46.9. The average molecular weight is 759 g/mol. The van der Waals surface area contributed by atoms with Gasteiger partial charge in [0.05, 0.1) is 17.1 Å². The van der Waals surface area contributed by atoms with Crippen molar-refractivity contribution < 1.29 is 42.5 Å². The molecule has 0 spiro atoms. The summed E-state index contributed by atoms with van der Waals surface area (Å²) in [6.45, 7) is 12.4. The first-order valence-electron chi connectivity index (χ1n) is 16.4. The maximum Gasteiger partial charge on any atom is 0.410 e. The van der Waals surface area contributed by atoms with Crippen molar-refractivity contribution in [2.45, 2.75) is 78.2 Å². The highest BCUT2D eigenvalue weighted by molar-refractivity contribution is 9.10. The maximum atomic E-state index is 14.4. The third kappa shape index (κ3) is 8.66. The van der Waals surface area contributed by atoms with E-state index >= 15 is 0 Å². The molecule has 2 unspecified atom stereocenters. The fraction of sp³-hybridized carbons (Fsp3) is 0.432. The molecule has 2 saturated heterocycles. The van der Waals surface area contributed by atoms with Crippen molar-refractivity contribution in [2.24, 2.45) is 5.41 Å². The molecule has 13 heteroatoms. The molecule has 2 heterocycles. The van der Waals surface area contributed by atoms with Crippen molar-refractivity contribution in [3.8, 4) is 22.6 Å². The van der Waals surface area contributed by atoms with Gasteiger partial charge < -0.3 is 34.4 Å². The molecule has 3 aromatic rings. The first-order valence-corrected chi connectivity index (χ1v) is 17.2. The van der Waals surface area contributed by atoms with Crippen LogP contribution in [-0.4, -0.2) is 76.5 Å². The number of carboxylic acid groups (broad SMARTS) is 1. The van der Waals surface area contributed by atoms with Gasteiger partial charge in [0.25, 0.3) is 5.91 Å². The lowest BCUT2D eigenvalue weighted by atomic mass is 9.83. The molecule has 2 N–H and O–H groups in total. The lowest BCUT2D eigenvalue weighted by Crippen LogP contribution is -2.48. The summed E-state index contributed by atoms with van der Waals surface area (Å²) in [4.78, 5) is 40.9. The second kappa shape index (κ2) is 14.5. The highest BCUT2D eigenvalue weighted by Gasteiger charge is 2.45. The molecular weight excluding hydrogens is 716 g/mol. The Hall–Kier alpha value is -4.39. The fourth-order valence-electron chi connectivity index (χ4n) is 6.33. The molecule has 268 valence electrons. The number of hydrogen-bond donors (Lipinski definition) is 2. The number of nitrogens with one attached hydrogen (secondary N) is 1. The van der Waals surface area contributed by atoms with Crippen molar-refractivity contribution in [3.63, 3.8) is 0 Å². The first kappa shape index (κ1) is 36.9. The van der Waals surface area contributed by atoms with E-state index in [1.165, 1.54) is 17.0 Å². The van der Waals surface area contributed by atoms with Gasteiger partial charge in [-0.2, -0.15) is 0 Å². The predicted octanol–water partition coefficient (Wildman–Crippen LogP) is 8.58. The average Bonchev–Trinajstić information content (AvgIpc) is 3.67. The SMILES string of the molecule is CC(C)(C)OC(=O)N1CC[C@H](Oc2ccc(NC(=O)c3ccc(OC4CCN(C(=O)O)C4C(C)(C)C)c(-c4ccc(F)c(F)c4)c3)cc2Br)C1. The Morgan fingerprint density at radius 1 is 0.880 bits per heavy atom. The number of anilines is 1. The highest BCUT2D eigenvalue weighted by atomic mass is 79.9. The van der Waals surface area contributed by atoms with Crippen LogP contribution in [0.25, 0.3) is 11.1 Å². The predicted molar refractivity (Wildman–Crippen MR) is 188 cm³/mol. The summed E-state index contributed by atoms with van der Waals surface area (Å²) in [5.74, 6) is -1.69. The van der Waals surface area contributed by atoms with Gasteiger partial charge in [0.2, 0.25) is 0 Å². The summed E-state index contributed by atoms with van der Waals surface area (Å²) >= 11 is 3.52. The third-order valence-corrected chi connectivity index (χ3v) is 9.13. The summed E-state index contributed by atoms with van der Waals surface area (Å²) in [5, 5.41) is 12.7. The molecule has 3 aromatic carbocycles. The fourth-order valence-corrected chi connectivity index (χ4v) is 6.80. The zero-order valence-corrected chi connectivity index (χ0v) is 30.5. The molecule has 3 amide bonds. The van der Waals surface area contributed by atoms with Crippen LogP contribution in [0.2, 0.25) is 0 Å². The van der Waals surface area contributed by atoms with E-state index in [2.05, 4.69) is 21.2 Å². The van der Waals surface area contributed by atoms with Crippen molar-refractivity contribution >= 4 is 39.7 Å². The van der Waals surface area contributed by atoms with E-state index in [4.69, 9.17) is 14.2 Å². The van der Waals surface area contributed by atoms with Gasteiger partial charge in [-0.1, -0.05) is 26.8 Å². The minimum Gasteiger partial charge on any atom is -0.488 e. The number of amides is 3. The molecule has 2 aliphatic heterocycles. The van der Waals surface area contributed by atoms with E-state index in [1.54, 1.807) is 35.2 Å². The minimum absolute atomic E-state index is 0.229. The number of carbonyl (C=O) groups excluding carboxylic acids is 2. The number of rotatable bonds is 7. The van der Waals surface area contributed by atoms with Crippen LogP contribution in [0.3, 0.4) is 0 Å². The third-order valence-electron chi connectivity index (χ3n) is 8.51. The van der Waals surface area contributed by atoms with Crippen LogP contribution in [0.1, 0.15) is 64.7 Å². The highest BCUT2D eigenvalue weighted by Crippen LogP contribution is 2.39. The zero-order valence-electron chi connectivity index (χ0n) is 28.9. The lowest BCUT2D eigenvalue weighted by Gasteiger charge is -2.37. The lowest BCUT2D eigenvalue weighted by molar-refractivity contribution is 0.0275. The van der Waals surface area contributed by atoms with Crippen LogP contribution in [0.5, 0.6) is 11.5 Å². The molecule has 0 saturated carbocycles. The Morgan fingerprint density at radius 3 is 2.24 bits per heavy atom. The van der Waals surface area contributed by atoms with Crippen molar-refractivity contribution in [3.05, 3.63) is 76.3 Å². The second-order valence-corrected chi connectivity index (χ2v) is 15.5. The molecule has 50 heavy (non-hydrogen) atoms. The van der Waals surface area contributed by atoms with Crippen molar-refractivity contribution in [1.82, 2.24) is 9.80 Å². The number of halogens is 3. The van der Waals surface area contributed by atoms with Crippen LogP contribution in [0.15, 0.2) is 59.1 Å². The number of ether oxygens (including phenoxy) is 3. The quantitative estimate of drug-likeness (QED) is 0.248. The largest absolute Gasteiger partial charge is 0.488 e. The molecule has 2 aliphatic rings. The number of hydrogen-bond acceptors (Lipinski definition) is 6. The van der Waals surface area contributed by atoms with Crippen molar-refractivity contribution in [1.29, 1.82) is 0 Å². The van der Waals surface area contributed by atoms with Gasteiger partial charge in [0.1, 0.15) is 29.3 Å². The molecule has 0 aliphatic carbocycles. The molecule has 10 nitrogen and oxygen atoms in total. The molecule has 2 fully saturated rings. The Bertz CT molecular complexity index is 1770. The van der Waals surface area contributed by atoms with Gasteiger partial charge in [-0.3, -0.25) is 4.79 Å². The normalized spacial score (nSPS) is 19.3. The van der Waals surface area contributed by atoms with Crippen LogP contribution in [0, 0.1) is 17.0 Å². The Kier molecular flexibility index (Phi) is 10.7. The summed E-state index contributed by atoms with van der Waals surface area (Å²) in [6, 6.07) is 12.8. The number of carbonyl (C=O) groups is 3. The van der Waals surface area contributed by atoms with Gasteiger partial charge in [-0.25, -0.2) is 18.4 Å². The Morgan fingerprint density at radius 2 is 1.60 bits per heavy atom. The molecule has 5 rings (SSSR count).